The van der Waals surface area contributed by atoms with Crippen molar-refractivity contribution in [2.75, 3.05) is 25.6 Å². The van der Waals surface area contributed by atoms with Gasteiger partial charge in [0.05, 0.1) is 30.5 Å². The van der Waals surface area contributed by atoms with Crippen LogP contribution in [0.15, 0.2) is 42.5 Å². The predicted molar refractivity (Wildman–Crippen MR) is 115 cm³/mol. The summed E-state index contributed by atoms with van der Waals surface area (Å²) in [6.07, 6.45) is 0. The highest BCUT2D eigenvalue weighted by atomic mass is 32.1. The Hall–Kier alpha value is -1.92. The highest BCUT2D eigenvalue weighted by Crippen LogP contribution is 2.61. The number of nitrogens with one attached hydrogen (secondary N) is 1. The normalized spacial score (nSPS) is 12.9. The van der Waals surface area contributed by atoms with Gasteiger partial charge >= 0.3 is 7.60 Å². The maximum Gasteiger partial charge on any atom is 0.357 e. The maximum absolute atomic E-state index is 13.6. The second-order valence-corrected chi connectivity index (χ2v) is 9.33. The number of nitrogens with zero attached hydrogens (tertiary/aromatic N) is 1. The molecule has 1 atom stereocenters. The van der Waals surface area contributed by atoms with Crippen LogP contribution < -0.4 is 10.1 Å². The average Bonchev–Trinajstić information content (AvgIpc) is 3.08. The molecule has 0 bridgehead atoms. The third kappa shape index (κ3) is 4.55. The Morgan fingerprint density at radius 2 is 1.79 bits per heavy atom. The minimum atomic E-state index is -3.48. The van der Waals surface area contributed by atoms with Crippen LogP contribution in [-0.4, -0.2) is 25.3 Å². The Balaban J connectivity index is 2.01. The van der Waals surface area contributed by atoms with Crippen molar-refractivity contribution in [2.45, 2.75) is 26.6 Å². The lowest BCUT2D eigenvalue weighted by Gasteiger charge is -2.27. The standard InChI is InChI=1S/C20H25N2O4PS/c1-5-25-27(23,26-6-2)19(15-8-10-16(24-4)11-9-15)22-20-21-17-12-7-14(3)13-18(17)28-20/h7-13,19H,5-6H2,1-4H3,(H,21,22)/t19-/m0/s1. The first kappa shape index (κ1) is 20.8. The molecule has 0 saturated heterocycles. The number of ether oxygens (including phenoxy) is 1. The molecule has 1 heterocycles. The van der Waals surface area contributed by atoms with Crippen molar-refractivity contribution in [1.29, 1.82) is 0 Å². The van der Waals surface area contributed by atoms with E-state index in [9.17, 15) is 4.57 Å². The summed E-state index contributed by atoms with van der Waals surface area (Å²) in [5, 5.41) is 3.97. The first-order valence-corrected chi connectivity index (χ1v) is 11.6. The smallest absolute Gasteiger partial charge is 0.357 e. The van der Waals surface area contributed by atoms with E-state index in [0.717, 1.165) is 21.5 Å². The summed E-state index contributed by atoms with van der Waals surface area (Å²) in [5.41, 5.74) is 2.85. The third-order valence-corrected chi connectivity index (χ3v) is 7.42. The Morgan fingerprint density at radius 3 is 2.39 bits per heavy atom. The average molecular weight is 420 g/mol. The minimum Gasteiger partial charge on any atom is -0.497 e. The molecule has 0 aliphatic carbocycles. The summed E-state index contributed by atoms with van der Waals surface area (Å²) in [5.74, 6) is 0.0422. The molecule has 3 rings (SSSR count). The van der Waals surface area contributed by atoms with Gasteiger partial charge in [0.1, 0.15) is 5.75 Å². The van der Waals surface area contributed by atoms with E-state index >= 15 is 0 Å². The van der Waals surface area contributed by atoms with Crippen LogP contribution >= 0.6 is 18.9 Å². The number of aromatic nitrogens is 1. The van der Waals surface area contributed by atoms with E-state index < -0.39 is 13.4 Å². The van der Waals surface area contributed by atoms with Crippen LogP contribution in [0.3, 0.4) is 0 Å². The second-order valence-electron chi connectivity index (χ2n) is 6.19. The molecule has 0 amide bonds. The van der Waals surface area contributed by atoms with E-state index in [0.29, 0.717) is 5.13 Å². The summed E-state index contributed by atoms with van der Waals surface area (Å²) in [6.45, 7) is 6.22. The summed E-state index contributed by atoms with van der Waals surface area (Å²) < 4.78 is 31.1. The van der Waals surface area contributed by atoms with Gasteiger partial charge in [-0.25, -0.2) is 4.98 Å². The van der Waals surface area contributed by atoms with E-state index in [2.05, 4.69) is 16.4 Å². The molecule has 0 aliphatic rings. The van der Waals surface area contributed by atoms with Crippen LogP contribution in [0, 0.1) is 6.92 Å². The fourth-order valence-corrected chi connectivity index (χ4v) is 5.88. The first-order chi connectivity index (χ1) is 13.5. The highest BCUT2D eigenvalue weighted by Gasteiger charge is 2.37. The molecule has 0 unspecified atom stereocenters. The molecule has 3 aromatic rings. The molecule has 6 nitrogen and oxygen atoms in total. The number of thiazole rings is 1. The molecular formula is C20H25N2O4PS. The molecule has 2 aromatic carbocycles. The summed E-state index contributed by atoms with van der Waals surface area (Å²) >= 11 is 1.52. The molecule has 150 valence electrons. The number of fused-ring (bicyclic) bond motifs is 1. The number of hydrogen-bond acceptors (Lipinski definition) is 7. The van der Waals surface area contributed by atoms with Gasteiger partial charge in [-0.1, -0.05) is 29.5 Å². The van der Waals surface area contributed by atoms with Crippen molar-refractivity contribution < 1.29 is 18.3 Å². The van der Waals surface area contributed by atoms with Crippen molar-refractivity contribution in [3.8, 4) is 5.75 Å². The molecule has 1 N–H and O–H groups in total. The maximum atomic E-state index is 13.6. The fourth-order valence-electron chi connectivity index (χ4n) is 2.89. The van der Waals surface area contributed by atoms with E-state index in [1.54, 1.807) is 21.0 Å². The van der Waals surface area contributed by atoms with E-state index in [1.165, 1.54) is 16.9 Å². The number of hydrogen-bond donors (Lipinski definition) is 1. The van der Waals surface area contributed by atoms with Crippen LogP contribution in [0.5, 0.6) is 5.75 Å². The van der Waals surface area contributed by atoms with Gasteiger partial charge in [0.25, 0.3) is 0 Å². The lowest BCUT2D eigenvalue weighted by molar-refractivity contribution is 0.214. The molecule has 0 radical (unpaired) electrons. The van der Waals surface area contributed by atoms with Crippen LogP contribution in [-0.2, 0) is 13.6 Å². The molecule has 8 heteroatoms. The minimum absolute atomic E-state index is 0.282. The topological polar surface area (TPSA) is 69.7 Å². The van der Waals surface area contributed by atoms with Crippen molar-refractivity contribution in [2.24, 2.45) is 0 Å². The number of rotatable bonds is 9. The number of methoxy groups -OCH3 is 1. The zero-order valence-electron chi connectivity index (χ0n) is 16.5. The summed E-state index contributed by atoms with van der Waals surface area (Å²) in [7, 11) is -1.87. The predicted octanol–water partition coefficient (Wildman–Crippen LogP) is 5.99. The number of benzene rings is 2. The Kier molecular flexibility index (Phi) is 6.73. The van der Waals surface area contributed by atoms with Gasteiger partial charge in [0.2, 0.25) is 0 Å². The molecular weight excluding hydrogens is 395 g/mol. The molecule has 0 fully saturated rings. The number of aryl methyl sites for hydroxylation is 1. The van der Waals surface area contributed by atoms with Crippen LogP contribution in [0.25, 0.3) is 10.2 Å². The molecule has 0 aliphatic heterocycles. The van der Waals surface area contributed by atoms with Crippen molar-refractivity contribution in [3.05, 3.63) is 53.6 Å². The van der Waals surface area contributed by atoms with Gasteiger partial charge in [-0.15, -0.1) is 0 Å². The quantitative estimate of drug-likeness (QED) is 0.429. The van der Waals surface area contributed by atoms with E-state index in [1.807, 2.05) is 43.3 Å². The largest absolute Gasteiger partial charge is 0.497 e. The van der Waals surface area contributed by atoms with Gasteiger partial charge in [-0.3, -0.25) is 4.57 Å². The van der Waals surface area contributed by atoms with Gasteiger partial charge in [-0.2, -0.15) is 0 Å². The Labute approximate surface area is 169 Å². The molecule has 0 saturated carbocycles. The van der Waals surface area contributed by atoms with Gasteiger partial charge in [0.15, 0.2) is 10.9 Å². The highest BCUT2D eigenvalue weighted by molar-refractivity contribution is 7.54. The van der Waals surface area contributed by atoms with Gasteiger partial charge in [-0.05, 0) is 56.2 Å². The molecule has 1 aromatic heterocycles. The van der Waals surface area contributed by atoms with Crippen LogP contribution in [0.2, 0.25) is 0 Å². The summed E-state index contributed by atoms with van der Waals surface area (Å²) in [4.78, 5) is 4.64. The lowest BCUT2D eigenvalue weighted by atomic mass is 10.2. The molecule has 28 heavy (non-hydrogen) atoms. The Morgan fingerprint density at radius 1 is 1.11 bits per heavy atom. The van der Waals surface area contributed by atoms with Crippen LogP contribution in [0.4, 0.5) is 5.13 Å². The summed E-state index contributed by atoms with van der Waals surface area (Å²) in [6, 6.07) is 13.5. The van der Waals surface area contributed by atoms with Crippen molar-refractivity contribution in [3.63, 3.8) is 0 Å². The van der Waals surface area contributed by atoms with Crippen LogP contribution in [0.1, 0.15) is 30.8 Å². The zero-order valence-corrected chi connectivity index (χ0v) is 18.2. The van der Waals surface area contributed by atoms with Crippen molar-refractivity contribution in [1.82, 2.24) is 4.98 Å². The van der Waals surface area contributed by atoms with E-state index in [-0.39, 0.29) is 13.2 Å². The Bertz CT molecular complexity index is 964. The first-order valence-electron chi connectivity index (χ1n) is 9.15. The van der Waals surface area contributed by atoms with Gasteiger partial charge < -0.3 is 19.1 Å². The van der Waals surface area contributed by atoms with Gasteiger partial charge in [0, 0.05) is 0 Å². The molecule has 0 spiro atoms. The third-order valence-electron chi connectivity index (χ3n) is 4.17. The SMILES string of the molecule is CCOP(=O)(OCC)[C@H](Nc1nc2ccc(C)cc2s1)c1ccc(OC)cc1. The zero-order chi connectivity index (χ0) is 20.1. The van der Waals surface area contributed by atoms with Crippen molar-refractivity contribution >= 4 is 34.3 Å². The fraction of sp³-hybridized carbons (Fsp3) is 0.350. The monoisotopic (exact) mass is 420 g/mol. The lowest BCUT2D eigenvalue weighted by Crippen LogP contribution is -2.15. The second kappa shape index (κ2) is 9.05. The number of anilines is 1. The van der Waals surface area contributed by atoms with E-state index in [4.69, 9.17) is 13.8 Å².